The van der Waals surface area contributed by atoms with E-state index in [2.05, 4.69) is 30.7 Å². The van der Waals surface area contributed by atoms with Crippen molar-refractivity contribution in [2.45, 2.75) is 55.0 Å². The van der Waals surface area contributed by atoms with Crippen molar-refractivity contribution in [3.8, 4) is 5.75 Å². The van der Waals surface area contributed by atoms with Crippen LogP contribution < -0.4 is 10.1 Å². The maximum absolute atomic E-state index is 12.3. The minimum atomic E-state index is -0.00937. The van der Waals surface area contributed by atoms with Gasteiger partial charge in [-0.25, -0.2) is 4.98 Å². The molecule has 1 aromatic carbocycles. The molecule has 0 unspecified atom stereocenters. The molecule has 0 atom stereocenters. The number of rotatable bonds is 9. The molecule has 0 bridgehead atoms. The number of halogens is 1. The zero-order valence-corrected chi connectivity index (χ0v) is 23.3. The first-order valence-electron chi connectivity index (χ1n) is 11.9. The van der Waals surface area contributed by atoms with Crippen molar-refractivity contribution in [2.75, 3.05) is 13.7 Å². The summed E-state index contributed by atoms with van der Waals surface area (Å²) < 4.78 is 7.07. The summed E-state index contributed by atoms with van der Waals surface area (Å²) >= 11 is 5.16. The first-order chi connectivity index (χ1) is 16.7. The topological polar surface area (TPSA) is 56.2 Å². The van der Waals surface area contributed by atoms with Crippen molar-refractivity contribution in [3.05, 3.63) is 77.4 Å². The Balaban J connectivity index is 0.00000126. The lowest BCUT2D eigenvalue weighted by atomic mass is 10.2. The third-order valence-electron chi connectivity index (χ3n) is 4.55. The molecule has 0 saturated carbocycles. The molecule has 0 aliphatic heterocycles. The average molecular weight is 500 g/mol. The van der Waals surface area contributed by atoms with Crippen LogP contribution in [0.15, 0.2) is 60.3 Å². The van der Waals surface area contributed by atoms with E-state index in [4.69, 9.17) is 16.3 Å². The molecule has 0 aliphatic rings. The molecular weight excluding hydrogens is 458 g/mol. The minimum absolute atomic E-state index is 0.00937. The molecule has 1 N–H and O–H groups in total. The van der Waals surface area contributed by atoms with Crippen LogP contribution in [-0.2, 0) is 11.3 Å². The summed E-state index contributed by atoms with van der Waals surface area (Å²) in [5, 5.41) is 2.96. The molecule has 2 aromatic rings. The highest BCUT2D eigenvalue weighted by molar-refractivity contribution is 6.25. The van der Waals surface area contributed by atoms with E-state index in [9.17, 15) is 4.79 Å². The molecule has 0 saturated heterocycles. The zero-order chi connectivity index (χ0) is 26.8. The molecule has 0 spiro atoms. The van der Waals surface area contributed by atoms with Gasteiger partial charge in [0.1, 0.15) is 18.1 Å². The van der Waals surface area contributed by atoms with Crippen LogP contribution in [-0.4, -0.2) is 29.1 Å². The highest BCUT2D eigenvalue weighted by Crippen LogP contribution is 2.17. The van der Waals surface area contributed by atoms with Gasteiger partial charge in [-0.2, -0.15) is 0 Å². The molecule has 1 aromatic heterocycles. The molecule has 1 heterocycles. The zero-order valence-electron chi connectivity index (χ0n) is 22.6. The van der Waals surface area contributed by atoms with Gasteiger partial charge in [0.2, 0.25) is 5.91 Å². The molecule has 5 nitrogen and oxygen atoms in total. The normalized spacial score (nSPS) is 11.1. The molecule has 2 rings (SSSR count). The number of imidazole rings is 1. The number of allylic oxidation sites excluding steroid dienone is 4. The van der Waals surface area contributed by atoms with E-state index in [0.717, 1.165) is 34.0 Å². The number of ether oxygens (including phenoxy) is 1. The van der Waals surface area contributed by atoms with Crippen molar-refractivity contribution in [2.24, 2.45) is 5.92 Å². The molecule has 35 heavy (non-hydrogen) atoms. The highest BCUT2D eigenvalue weighted by atomic mass is 35.5. The lowest BCUT2D eigenvalue weighted by molar-refractivity contribution is -0.121. The fourth-order valence-corrected chi connectivity index (χ4v) is 2.76. The Morgan fingerprint density at radius 1 is 1.20 bits per heavy atom. The number of hydrogen-bond donors (Lipinski definition) is 1. The third kappa shape index (κ3) is 13.4. The van der Waals surface area contributed by atoms with Crippen LogP contribution in [0, 0.1) is 5.92 Å². The molecule has 0 fully saturated rings. The third-order valence-corrected chi connectivity index (χ3v) is 4.68. The maximum atomic E-state index is 12.3. The van der Waals surface area contributed by atoms with Crippen LogP contribution in [0.4, 0.5) is 0 Å². The molecule has 192 valence electrons. The largest absolute Gasteiger partial charge is 0.497 e. The van der Waals surface area contributed by atoms with Crippen LogP contribution in [0.1, 0.15) is 65.5 Å². The second-order valence-electron chi connectivity index (χ2n) is 8.03. The number of carbonyl (C=O) groups excluding carboxylic acids is 1. The van der Waals surface area contributed by atoms with E-state index >= 15 is 0 Å². The van der Waals surface area contributed by atoms with Gasteiger partial charge in [0, 0.05) is 18.3 Å². The molecule has 6 heteroatoms. The van der Waals surface area contributed by atoms with E-state index in [1.165, 1.54) is 5.54 Å². The van der Waals surface area contributed by atoms with E-state index in [0.29, 0.717) is 12.5 Å². The highest BCUT2D eigenvalue weighted by Gasteiger charge is 2.11. The van der Waals surface area contributed by atoms with E-state index in [-0.39, 0.29) is 12.5 Å². The molecule has 0 radical (unpaired) electrons. The van der Waals surface area contributed by atoms with Gasteiger partial charge in [-0.3, -0.25) is 4.79 Å². The summed E-state index contributed by atoms with van der Waals surface area (Å²) in [6.45, 7) is 18.5. The van der Waals surface area contributed by atoms with Gasteiger partial charge in [0.25, 0.3) is 0 Å². The Labute approximate surface area is 217 Å². The van der Waals surface area contributed by atoms with Crippen LogP contribution in [0.2, 0.25) is 0 Å². The quantitative estimate of drug-likeness (QED) is 0.361. The number of amides is 1. The Morgan fingerprint density at radius 2 is 1.83 bits per heavy atom. The van der Waals surface area contributed by atoms with E-state index < -0.39 is 0 Å². The molecule has 1 amide bonds. The fraction of sp³-hybridized carbons (Fsp3) is 0.379. The van der Waals surface area contributed by atoms with Crippen molar-refractivity contribution in [1.82, 2.24) is 14.9 Å². The summed E-state index contributed by atoms with van der Waals surface area (Å²) in [4.78, 5) is 16.9. The van der Waals surface area contributed by atoms with Gasteiger partial charge in [0.05, 0.1) is 12.8 Å². The Bertz CT molecular complexity index is 984. The Hall–Kier alpha value is -3.05. The van der Waals surface area contributed by atoms with Gasteiger partial charge in [-0.05, 0) is 62.1 Å². The van der Waals surface area contributed by atoms with Crippen LogP contribution in [0.3, 0.4) is 0 Å². The smallest absolute Gasteiger partial charge is 0.240 e. The summed E-state index contributed by atoms with van der Waals surface area (Å²) in [5.41, 5.74) is 5.42. The van der Waals surface area contributed by atoms with E-state index in [1.807, 2.05) is 87.9 Å². The lowest BCUT2D eigenvalue weighted by Crippen LogP contribution is -2.30. The van der Waals surface area contributed by atoms with Crippen molar-refractivity contribution >= 4 is 35.2 Å². The monoisotopic (exact) mass is 499 g/mol. The molecule has 0 aliphatic carbocycles. The number of hydrogen-bond acceptors (Lipinski definition) is 3. The van der Waals surface area contributed by atoms with Gasteiger partial charge in [-0.15, -0.1) is 0 Å². The van der Waals surface area contributed by atoms with Crippen molar-refractivity contribution in [3.63, 3.8) is 0 Å². The van der Waals surface area contributed by atoms with Crippen LogP contribution >= 0.6 is 11.6 Å². The number of aromatic nitrogens is 2. The van der Waals surface area contributed by atoms with Crippen molar-refractivity contribution in [1.29, 1.82) is 0 Å². The number of methoxy groups -OCH3 is 1. The van der Waals surface area contributed by atoms with Crippen LogP contribution in [0.5, 0.6) is 5.75 Å². The second kappa shape index (κ2) is 18.3. The first kappa shape index (κ1) is 32.0. The predicted molar refractivity (Wildman–Crippen MR) is 152 cm³/mol. The Morgan fingerprint density at radius 3 is 2.29 bits per heavy atom. The summed E-state index contributed by atoms with van der Waals surface area (Å²) in [6.07, 6.45) is 9.60. The van der Waals surface area contributed by atoms with Crippen LogP contribution in [0.25, 0.3) is 17.7 Å². The maximum Gasteiger partial charge on any atom is 0.240 e. The standard InChI is InChI=1S/C22H29N3O2.C5H7Cl.C2H6/c1-6-17(4)20-14-25(15-22(26)23-13-16(2)3)21(24-20)12-9-18-7-10-19(27-5)11-8-18;1-5(2)3-4-6;1-2/h6-12,14,16H,13,15H2,1-5H3,(H,23,26);3-4H,1H2,2H3;1-2H3/b12-9+,17-6+;4-3+;. The SMILES string of the molecule is C/C=C(\C)c1cn(CC(=O)NCC(C)C)c(/C=C/c2ccc(OC)cc2)n1.C=C(C)/C=C/Cl.CC. The first-order valence-corrected chi connectivity index (χ1v) is 12.3. The number of carbonyl (C=O) groups is 1. The van der Waals surface area contributed by atoms with Gasteiger partial charge >= 0.3 is 0 Å². The number of nitrogens with zero attached hydrogens (tertiary/aromatic N) is 2. The fourth-order valence-electron chi connectivity index (χ4n) is 2.55. The summed E-state index contributed by atoms with van der Waals surface area (Å²) in [6, 6.07) is 7.80. The van der Waals surface area contributed by atoms with Gasteiger partial charge in [-0.1, -0.05) is 75.7 Å². The summed E-state index contributed by atoms with van der Waals surface area (Å²) in [5.74, 6) is 1.99. The molecular formula is C29H42ClN3O2. The number of benzene rings is 1. The minimum Gasteiger partial charge on any atom is -0.497 e. The number of nitrogens with one attached hydrogen (secondary N) is 1. The van der Waals surface area contributed by atoms with Gasteiger partial charge < -0.3 is 14.6 Å². The van der Waals surface area contributed by atoms with E-state index in [1.54, 1.807) is 13.2 Å². The average Bonchev–Trinajstić information content (AvgIpc) is 3.25. The Kier molecular flexibility index (Phi) is 16.7. The lowest BCUT2D eigenvalue weighted by Gasteiger charge is -2.09. The second-order valence-corrected chi connectivity index (χ2v) is 8.28. The predicted octanol–water partition coefficient (Wildman–Crippen LogP) is 7.60. The summed E-state index contributed by atoms with van der Waals surface area (Å²) in [7, 11) is 1.65. The van der Waals surface area contributed by atoms with Crippen molar-refractivity contribution < 1.29 is 9.53 Å². The van der Waals surface area contributed by atoms with Gasteiger partial charge in [0.15, 0.2) is 0 Å².